The Hall–Kier alpha value is -3.27. The first-order valence-electron chi connectivity index (χ1n) is 9.13. The highest BCUT2D eigenvalue weighted by atomic mass is 16.7. The Bertz CT molecular complexity index is 991. The van der Waals surface area contributed by atoms with Gasteiger partial charge < -0.3 is 14.6 Å². The summed E-state index contributed by atoms with van der Waals surface area (Å²) >= 11 is 0. The summed E-state index contributed by atoms with van der Waals surface area (Å²) in [6, 6.07) is 20.2. The van der Waals surface area contributed by atoms with E-state index in [-0.39, 0.29) is 11.2 Å². The fourth-order valence-corrected chi connectivity index (χ4v) is 3.06. The monoisotopic (exact) mass is 376 g/mol. The summed E-state index contributed by atoms with van der Waals surface area (Å²) in [7, 11) is 0. The molecule has 0 fully saturated rings. The molecule has 0 saturated heterocycles. The van der Waals surface area contributed by atoms with Gasteiger partial charge in [-0.2, -0.15) is 0 Å². The van der Waals surface area contributed by atoms with E-state index in [1.807, 2.05) is 44.2 Å². The SMILES string of the molecule is Cc1cc(C(C)(C)c2ccc(OC(=O)Oc3ccccc3)c(C)c2)ccc1O. The van der Waals surface area contributed by atoms with E-state index in [1.54, 1.807) is 36.4 Å². The van der Waals surface area contributed by atoms with Crippen molar-refractivity contribution in [3.8, 4) is 17.2 Å². The Kier molecular flexibility index (Phi) is 5.41. The molecule has 0 unspecified atom stereocenters. The summed E-state index contributed by atoms with van der Waals surface area (Å²) in [6.45, 7) is 8.03. The van der Waals surface area contributed by atoms with E-state index in [9.17, 15) is 9.90 Å². The van der Waals surface area contributed by atoms with Gasteiger partial charge in [0, 0.05) is 5.41 Å². The number of carbonyl (C=O) groups excluding carboxylic acids is 1. The van der Waals surface area contributed by atoms with Crippen molar-refractivity contribution in [2.75, 3.05) is 0 Å². The van der Waals surface area contributed by atoms with E-state index in [1.165, 1.54) is 0 Å². The Labute approximate surface area is 165 Å². The molecule has 1 N–H and O–H groups in total. The van der Waals surface area contributed by atoms with Gasteiger partial charge in [-0.25, -0.2) is 4.79 Å². The van der Waals surface area contributed by atoms with Gasteiger partial charge in [-0.1, -0.05) is 56.3 Å². The van der Waals surface area contributed by atoms with Crippen LogP contribution < -0.4 is 9.47 Å². The molecule has 144 valence electrons. The third kappa shape index (κ3) is 4.17. The first-order valence-corrected chi connectivity index (χ1v) is 9.13. The molecule has 4 nitrogen and oxygen atoms in total. The molecule has 0 heterocycles. The van der Waals surface area contributed by atoms with Crippen LogP contribution in [0.1, 0.15) is 36.1 Å². The lowest BCUT2D eigenvalue weighted by Gasteiger charge is -2.27. The van der Waals surface area contributed by atoms with Crippen molar-refractivity contribution in [2.45, 2.75) is 33.1 Å². The second-order valence-corrected chi connectivity index (χ2v) is 7.37. The largest absolute Gasteiger partial charge is 0.519 e. The van der Waals surface area contributed by atoms with Crippen LogP contribution in [0.4, 0.5) is 4.79 Å². The second kappa shape index (κ2) is 7.77. The first kappa shape index (κ1) is 19.5. The molecule has 4 heteroatoms. The maximum Gasteiger partial charge on any atom is 0.519 e. The molecular formula is C24H24O4. The average Bonchev–Trinajstić information content (AvgIpc) is 2.66. The molecule has 28 heavy (non-hydrogen) atoms. The van der Waals surface area contributed by atoms with E-state index < -0.39 is 6.16 Å². The van der Waals surface area contributed by atoms with Gasteiger partial charge in [0.1, 0.15) is 17.2 Å². The van der Waals surface area contributed by atoms with Crippen LogP contribution in [0.25, 0.3) is 0 Å². The van der Waals surface area contributed by atoms with Crippen LogP contribution in [-0.4, -0.2) is 11.3 Å². The molecule has 0 aliphatic heterocycles. The second-order valence-electron chi connectivity index (χ2n) is 7.37. The number of para-hydroxylation sites is 1. The summed E-state index contributed by atoms with van der Waals surface area (Å²) < 4.78 is 10.5. The standard InChI is InChI=1S/C24H24O4/c1-16-14-18(10-12-21(16)25)24(3,4)19-11-13-22(17(2)15-19)28-23(26)27-20-8-6-5-7-9-20/h5-15,25H,1-4H3. The normalized spacial score (nSPS) is 11.1. The highest BCUT2D eigenvalue weighted by Crippen LogP contribution is 2.35. The van der Waals surface area contributed by atoms with E-state index in [2.05, 4.69) is 13.8 Å². The fourth-order valence-electron chi connectivity index (χ4n) is 3.06. The third-order valence-electron chi connectivity index (χ3n) is 4.95. The number of rotatable bonds is 4. The highest BCUT2D eigenvalue weighted by molar-refractivity contribution is 5.67. The van der Waals surface area contributed by atoms with Crippen LogP contribution in [0.3, 0.4) is 0 Å². The van der Waals surface area contributed by atoms with Crippen LogP contribution in [0, 0.1) is 13.8 Å². The van der Waals surface area contributed by atoms with Gasteiger partial charge in [0.2, 0.25) is 0 Å². The van der Waals surface area contributed by atoms with Crippen molar-refractivity contribution in [3.63, 3.8) is 0 Å². The molecule has 3 aromatic carbocycles. The van der Waals surface area contributed by atoms with Crippen LogP contribution in [0.15, 0.2) is 66.7 Å². The molecule has 3 rings (SSSR count). The molecule has 0 aliphatic carbocycles. The maximum absolute atomic E-state index is 12.0. The number of phenolic OH excluding ortho intramolecular Hbond substituents is 1. The predicted octanol–water partition coefficient (Wildman–Crippen LogP) is 5.91. The van der Waals surface area contributed by atoms with Crippen LogP contribution in [-0.2, 0) is 5.41 Å². The van der Waals surface area contributed by atoms with E-state index in [0.717, 1.165) is 22.3 Å². The van der Waals surface area contributed by atoms with Crippen molar-refractivity contribution in [2.24, 2.45) is 0 Å². The van der Waals surface area contributed by atoms with Gasteiger partial charge in [0.25, 0.3) is 0 Å². The maximum atomic E-state index is 12.0. The van der Waals surface area contributed by atoms with E-state index in [4.69, 9.17) is 9.47 Å². The van der Waals surface area contributed by atoms with Gasteiger partial charge in [-0.05, 0) is 60.4 Å². The zero-order chi connectivity index (χ0) is 20.3. The number of aromatic hydroxyl groups is 1. The lowest BCUT2D eigenvalue weighted by Crippen LogP contribution is -2.20. The summed E-state index contributed by atoms with van der Waals surface area (Å²) in [6.07, 6.45) is -0.768. The quantitative estimate of drug-likeness (QED) is 0.454. The van der Waals surface area contributed by atoms with Crippen LogP contribution in [0.2, 0.25) is 0 Å². The Morgan fingerprint density at radius 2 is 1.43 bits per heavy atom. The molecule has 0 bridgehead atoms. The molecule has 0 amide bonds. The smallest absolute Gasteiger partial charge is 0.508 e. The Morgan fingerprint density at radius 1 is 0.821 bits per heavy atom. The molecule has 3 aromatic rings. The number of ether oxygens (including phenoxy) is 2. The summed E-state index contributed by atoms with van der Waals surface area (Å²) in [4.78, 5) is 12.0. The van der Waals surface area contributed by atoms with E-state index in [0.29, 0.717) is 11.5 Å². The van der Waals surface area contributed by atoms with E-state index >= 15 is 0 Å². The fraction of sp³-hybridized carbons (Fsp3) is 0.208. The minimum absolute atomic E-state index is 0.272. The molecule has 0 radical (unpaired) electrons. The van der Waals surface area contributed by atoms with Crippen LogP contribution >= 0.6 is 0 Å². The predicted molar refractivity (Wildman–Crippen MR) is 109 cm³/mol. The number of phenols is 1. The number of hydrogen-bond donors (Lipinski definition) is 1. The Morgan fingerprint density at radius 3 is 2.04 bits per heavy atom. The molecule has 0 saturated carbocycles. The van der Waals surface area contributed by atoms with Gasteiger partial charge in [0.05, 0.1) is 0 Å². The number of hydrogen-bond acceptors (Lipinski definition) is 4. The van der Waals surface area contributed by atoms with Crippen molar-refractivity contribution in [3.05, 3.63) is 89.0 Å². The molecule has 0 aliphatic rings. The first-order chi connectivity index (χ1) is 13.3. The van der Waals surface area contributed by atoms with Crippen molar-refractivity contribution in [1.82, 2.24) is 0 Å². The Balaban J connectivity index is 1.79. The molecule has 0 atom stereocenters. The minimum atomic E-state index is -0.768. The number of benzene rings is 3. The summed E-state index contributed by atoms with van der Waals surface area (Å²) in [5.74, 6) is 1.18. The van der Waals surface area contributed by atoms with Crippen LogP contribution in [0.5, 0.6) is 17.2 Å². The van der Waals surface area contributed by atoms with Gasteiger partial charge in [-0.3, -0.25) is 0 Å². The summed E-state index contributed by atoms with van der Waals surface area (Å²) in [5.41, 5.74) is 3.59. The molecular weight excluding hydrogens is 352 g/mol. The van der Waals surface area contributed by atoms with Crippen molar-refractivity contribution >= 4 is 6.16 Å². The van der Waals surface area contributed by atoms with Gasteiger partial charge in [-0.15, -0.1) is 0 Å². The zero-order valence-corrected chi connectivity index (χ0v) is 16.5. The topological polar surface area (TPSA) is 55.8 Å². The average molecular weight is 376 g/mol. The highest BCUT2D eigenvalue weighted by Gasteiger charge is 2.24. The minimum Gasteiger partial charge on any atom is -0.508 e. The molecule has 0 aromatic heterocycles. The molecule has 0 spiro atoms. The lowest BCUT2D eigenvalue weighted by atomic mass is 9.77. The van der Waals surface area contributed by atoms with Gasteiger partial charge >= 0.3 is 6.16 Å². The zero-order valence-electron chi connectivity index (χ0n) is 16.5. The number of aryl methyl sites for hydroxylation is 2. The van der Waals surface area contributed by atoms with Crippen molar-refractivity contribution in [1.29, 1.82) is 0 Å². The van der Waals surface area contributed by atoms with Gasteiger partial charge in [0.15, 0.2) is 0 Å². The number of carbonyl (C=O) groups is 1. The lowest BCUT2D eigenvalue weighted by molar-refractivity contribution is 0.151. The van der Waals surface area contributed by atoms with Crippen molar-refractivity contribution < 1.29 is 19.4 Å². The third-order valence-corrected chi connectivity index (χ3v) is 4.95. The summed E-state index contributed by atoms with van der Waals surface area (Å²) in [5, 5.41) is 9.79.